The Morgan fingerprint density at radius 3 is 0.857 bits per heavy atom. The highest BCUT2D eigenvalue weighted by molar-refractivity contribution is 7.39. The zero-order valence-electron chi connectivity index (χ0n) is 14.4. The first kappa shape index (κ1) is 17.8. The third-order valence-corrected chi connectivity index (χ3v) is 7.78. The van der Waals surface area contributed by atoms with Crippen LogP contribution in [0.25, 0.3) is 0 Å². The molecule has 1 unspecified atom stereocenters. The minimum atomic E-state index is 1.11. The van der Waals surface area contributed by atoms with Crippen LogP contribution < -0.4 is 0 Å². The van der Waals surface area contributed by atoms with Crippen LogP contribution in [0.2, 0.25) is 0 Å². The Balaban J connectivity index is 1.73. The van der Waals surface area contributed by atoms with Crippen molar-refractivity contribution in [1.82, 2.24) is 0 Å². The van der Waals surface area contributed by atoms with Gasteiger partial charge in [-0.1, -0.05) is 89.9 Å². The van der Waals surface area contributed by atoms with E-state index in [4.69, 9.17) is 0 Å². The van der Waals surface area contributed by atoms with Crippen LogP contribution in [0.15, 0.2) is 0 Å². The fourth-order valence-corrected chi connectivity index (χ4v) is 6.44. The highest BCUT2D eigenvalue weighted by Crippen LogP contribution is 2.39. The second kappa shape index (κ2) is 11.9. The summed E-state index contributed by atoms with van der Waals surface area (Å²) in [7, 11) is 1.31. The molecule has 2 rings (SSSR count). The summed E-state index contributed by atoms with van der Waals surface area (Å²) < 4.78 is 0. The van der Waals surface area contributed by atoms with Crippen molar-refractivity contribution >= 4 is 8.58 Å². The molecule has 2 aliphatic carbocycles. The normalized spacial score (nSPS) is 26.9. The molecule has 0 aromatic heterocycles. The molecule has 0 heterocycles. The van der Waals surface area contributed by atoms with Gasteiger partial charge in [0.25, 0.3) is 0 Å². The zero-order chi connectivity index (χ0) is 14.6. The largest absolute Gasteiger partial charge is 0.116 e. The van der Waals surface area contributed by atoms with E-state index in [0.29, 0.717) is 0 Å². The fraction of sp³-hybridized carbons (Fsp3) is 1.00. The molecule has 124 valence electrons. The Morgan fingerprint density at radius 2 is 0.571 bits per heavy atom. The Kier molecular flexibility index (Phi) is 10.1. The van der Waals surface area contributed by atoms with Crippen LogP contribution in [0.1, 0.15) is 116 Å². The van der Waals surface area contributed by atoms with Gasteiger partial charge in [0.1, 0.15) is 0 Å². The second-order valence-electron chi connectivity index (χ2n) is 7.66. The van der Waals surface area contributed by atoms with Crippen LogP contribution in [-0.2, 0) is 0 Å². The van der Waals surface area contributed by atoms with Gasteiger partial charge in [-0.05, 0) is 37.0 Å². The van der Waals surface area contributed by atoms with E-state index in [-0.39, 0.29) is 0 Å². The van der Waals surface area contributed by atoms with Crippen molar-refractivity contribution in [3.05, 3.63) is 0 Å². The lowest BCUT2D eigenvalue weighted by Crippen LogP contribution is -2.11. The molecule has 0 aromatic rings. The van der Waals surface area contributed by atoms with Crippen molar-refractivity contribution in [2.75, 3.05) is 0 Å². The molecule has 0 aromatic carbocycles. The lowest BCUT2D eigenvalue weighted by Gasteiger charge is -2.26. The highest BCUT2D eigenvalue weighted by Gasteiger charge is 2.17. The maximum atomic E-state index is 1.56. The number of hydrogen-bond acceptors (Lipinski definition) is 0. The van der Waals surface area contributed by atoms with E-state index >= 15 is 0 Å². The molecule has 0 amide bonds. The van der Waals surface area contributed by atoms with Crippen molar-refractivity contribution in [3.63, 3.8) is 0 Å². The van der Waals surface area contributed by atoms with Crippen LogP contribution in [0.3, 0.4) is 0 Å². The quantitative estimate of drug-likeness (QED) is 0.464. The Bertz CT molecular complexity index is 218. The van der Waals surface area contributed by atoms with Crippen LogP contribution in [0.4, 0.5) is 0 Å². The average molecular weight is 311 g/mol. The van der Waals surface area contributed by atoms with E-state index in [0.717, 1.165) is 11.3 Å². The van der Waals surface area contributed by atoms with E-state index < -0.39 is 0 Å². The van der Waals surface area contributed by atoms with E-state index in [9.17, 15) is 0 Å². The number of hydrogen-bond donors (Lipinski definition) is 0. The molecule has 0 spiro atoms. The summed E-state index contributed by atoms with van der Waals surface area (Å²) in [6.45, 7) is 0. The van der Waals surface area contributed by atoms with Crippen LogP contribution in [-0.4, -0.2) is 11.3 Å². The maximum Gasteiger partial charge on any atom is -0.0234 e. The maximum absolute atomic E-state index is 1.56. The van der Waals surface area contributed by atoms with E-state index in [1.807, 2.05) is 0 Å². The Hall–Kier alpha value is 0.430. The highest BCUT2D eigenvalue weighted by atomic mass is 31.1. The van der Waals surface area contributed by atoms with Gasteiger partial charge in [-0.15, -0.1) is 8.58 Å². The third-order valence-electron chi connectivity index (χ3n) is 5.68. The van der Waals surface area contributed by atoms with Gasteiger partial charge >= 0.3 is 0 Å². The molecule has 2 saturated carbocycles. The fourth-order valence-electron chi connectivity index (χ4n) is 4.29. The van der Waals surface area contributed by atoms with Gasteiger partial charge in [0.15, 0.2) is 0 Å². The molecular weight excluding hydrogens is 271 g/mol. The smallest absolute Gasteiger partial charge is 0.0234 e. The predicted molar refractivity (Wildman–Crippen MR) is 99.0 cm³/mol. The summed E-state index contributed by atoms with van der Waals surface area (Å²) in [5, 5.41) is 0. The SMILES string of the molecule is C1CCCCCC(PC2CCCCCCC2)CCCCC1. The topological polar surface area (TPSA) is 0 Å². The first-order valence-electron chi connectivity index (χ1n) is 10.2. The number of rotatable bonds is 2. The summed E-state index contributed by atoms with van der Waals surface area (Å²) in [4.78, 5) is 0. The molecule has 1 atom stereocenters. The molecule has 0 nitrogen and oxygen atoms in total. The van der Waals surface area contributed by atoms with E-state index in [2.05, 4.69) is 0 Å². The van der Waals surface area contributed by atoms with E-state index in [1.54, 1.807) is 25.7 Å². The monoisotopic (exact) mass is 310 g/mol. The van der Waals surface area contributed by atoms with E-state index in [1.165, 1.54) is 98.5 Å². The molecule has 1 heteroatoms. The van der Waals surface area contributed by atoms with Crippen LogP contribution >= 0.6 is 8.58 Å². The predicted octanol–water partition coefficient (Wildman–Crippen LogP) is 7.45. The van der Waals surface area contributed by atoms with Gasteiger partial charge in [-0.3, -0.25) is 0 Å². The Labute approximate surface area is 136 Å². The average Bonchev–Trinajstić information content (AvgIpc) is 2.44. The lowest BCUT2D eigenvalue weighted by molar-refractivity contribution is 0.495. The van der Waals surface area contributed by atoms with Gasteiger partial charge in [0.05, 0.1) is 0 Å². The van der Waals surface area contributed by atoms with Gasteiger partial charge < -0.3 is 0 Å². The minimum absolute atomic E-state index is 1.11. The molecule has 0 radical (unpaired) electrons. The van der Waals surface area contributed by atoms with Gasteiger partial charge in [-0.25, -0.2) is 0 Å². The molecule has 21 heavy (non-hydrogen) atoms. The summed E-state index contributed by atoms with van der Waals surface area (Å²) in [6, 6.07) is 0. The first-order chi connectivity index (χ1) is 10.4. The molecule has 0 N–H and O–H groups in total. The molecule has 0 bridgehead atoms. The van der Waals surface area contributed by atoms with Crippen molar-refractivity contribution in [2.45, 2.75) is 127 Å². The van der Waals surface area contributed by atoms with Gasteiger partial charge in [0.2, 0.25) is 0 Å². The van der Waals surface area contributed by atoms with Gasteiger partial charge in [-0.2, -0.15) is 0 Å². The van der Waals surface area contributed by atoms with Crippen molar-refractivity contribution in [3.8, 4) is 0 Å². The Morgan fingerprint density at radius 1 is 0.333 bits per heavy atom. The molecule has 2 aliphatic rings. The first-order valence-corrected chi connectivity index (χ1v) is 11.4. The summed E-state index contributed by atoms with van der Waals surface area (Å²) in [5.41, 5.74) is 2.22. The third kappa shape index (κ3) is 8.59. The molecule has 0 saturated heterocycles. The summed E-state index contributed by atoms with van der Waals surface area (Å²) in [5.74, 6) is 0. The zero-order valence-corrected chi connectivity index (χ0v) is 15.4. The van der Waals surface area contributed by atoms with Crippen molar-refractivity contribution in [2.24, 2.45) is 0 Å². The van der Waals surface area contributed by atoms with Crippen molar-refractivity contribution in [1.29, 1.82) is 0 Å². The van der Waals surface area contributed by atoms with Gasteiger partial charge in [0, 0.05) is 0 Å². The molecular formula is C20H39P. The van der Waals surface area contributed by atoms with Crippen LogP contribution in [0.5, 0.6) is 0 Å². The summed E-state index contributed by atoms with van der Waals surface area (Å²) >= 11 is 0. The molecule has 2 fully saturated rings. The standard InChI is InChI=1S/C20H39P/c1-2-4-7-11-15-19(16-12-8-5-3-1)21-20-17-13-9-6-10-14-18-20/h19-21H,1-18H2. The molecule has 0 aliphatic heterocycles. The van der Waals surface area contributed by atoms with Crippen LogP contribution in [0, 0.1) is 0 Å². The second-order valence-corrected chi connectivity index (χ2v) is 9.63. The summed E-state index contributed by atoms with van der Waals surface area (Å²) in [6.07, 6.45) is 27.5. The van der Waals surface area contributed by atoms with Crippen molar-refractivity contribution < 1.29 is 0 Å². The lowest BCUT2D eigenvalue weighted by atomic mass is 10.0. The minimum Gasteiger partial charge on any atom is -0.116 e.